The molecule has 0 fully saturated rings. The molecule has 0 radical (unpaired) electrons. The molecule has 2 rings (SSSR count). The van der Waals surface area contributed by atoms with Crippen LogP contribution in [0.4, 0.5) is 0 Å². The summed E-state index contributed by atoms with van der Waals surface area (Å²) in [7, 11) is 2.14. The topological polar surface area (TPSA) is 28.2 Å². The molecule has 0 aliphatic carbocycles. The lowest BCUT2D eigenvalue weighted by Gasteiger charge is -2.19. The summed E-state index contributed by atoms with van der Waals surface area (Å²) in [5.74, 6) is 0. The van der Waals surface area contributed by atoms with E-state index in [1.165, 1.54) is 16.3 Å². The SMILES string of the molecule is CN(Cc1ccsc1)Cc1csc(CNC(C)(C)C)n1. The molecular formula is C15H23N3S2. The molecule has 110 valence electrons. The van der Waals surface area contributed by atoms with Crippen LogP contribution in [-0.4, -0.2) is 22.5 Å². The van der Waals surface area contributed by atoms with E-state index in [0.29, 0.717) is 0 Å². The number of nitrogens with one attached hydrogen (secondary N) is 1. The van der Waals surface area contributed by atoms with E-state index in [4.69, 9.17) is 4.98 Å². The molecule has 2 aromatic rings. The van der Waals surface area contributed by atoms with Crippen LogP contribution in [0.5, 0.6) is 0 Å². The zero-order valence-corrected chi connectivity index (χ0v) is 14.3. The van der Waals surface area contributed by atoms with E-state index in [2.05, 4.69) is 60.2 Å². The van der Waals surface area contributed by atoms with E-state index < -0.39 is 0 Å². The first-order valence-corrected chi connectivity index (χ1v) is 8.62. The van der Waals surface area contributed by atoms with Gasteiger partial charge in [-0.25, -0.2) is 4.98 Å². The number of thiophene rings is 1. The van der Waals surface area contributed by atoms with Gasteiger partial charge in [-0.3, -0.25) is 4.90 Å². The van der Waals surface area contributed by atoms with Crippen LogP contribution in [0.15, 0.2) is 22.2 Å². The molecule has 0 aliphatic heterocycles. The minimum absolute atomic E-state index is 0.140. The molecular weight excluding hydrogens is 286 g/mol. The van der Waals surface area contributed by atoms with E-state index in [1.807, 2.05) is 0 Å². The second-order valence-corrected chi connectivity index (χ2v) is 7.86. The fraction of sp³-hybridized carbons (Fsp3) is 0.533. The molecule has 5 heteroatoms. The van der Waals surface area contributed by atoms with Crippen LogP contribution in [-0.2, 0) is 19.6 Å². The number of aromatic nitrogens is 1. The van der Waals surface area contributed by atoms with Crippen LogP contribution in [0.2, 0.25) is 0 Å². The number of nitrogens with zero attached hydrogens (tertiary/aromatic N) is 2. The highest BCUT2D eigenvalue weighted by atomic mass is 32.1. The van der Waals surface area contributed by atoms with Crippen molar-refractivity contribution in [2.75, 3.05) is 7.05 Å². The Morgan fingerprint density at radius 2 is 2.05 bits per heavy atom. The Balaban J connectivity index is 1.83. The lowest BCUT2D eigenvalue weighted by Crippen LogP contribution is -2.35. The van der Waals surface area contributed by atoms with Crippen LogP contribution in [0.25, 0.3) is 0 Å². The third kappa shape index (κ3) is 5.32. The molecule has 2 aromatic heterocycles. The zero-order valence-electron chi connectivity index (χ0n) is 12.6. The normalized spacial score (nSPS) is 12.2. The van der Waals surface area contributed by atoms with Gasteiger partial charge >= 0.3 is 0 Å². The van der Waals surface area contributed by atoms with Crippen LogP contribution < -0.4 is 5.32 Å². The van der Waals surface area contributed by atoms with Gasteiger partial charge in [0.15, 0.2) is 0 Å². The highest BCUT2D eigenvalue weighted by Gasteiger charge is 2.11. The van der Waals surface area contributed by atoms with E-state index in [0.717, 1.165) is 19.6 Å². The smallest absolute Gasteiger partial charge is 0.107 e. The minimum atomic E-state index is 0.140. The second-order valence-electron chi connectivity index (χ2n) is 6.14. The molecule has 0 spiro atoms. The lowest BCUT2D eigenvalue weighted by molar-refractivity contribution is 0.316. The van der Waals surface area contributed by atoms with Crippen molar-refractivity contribution in [2.24, 2.45) is 0 Å². The van der Waals surface area contributed by atoms with Crippen molar-refractivity contribution >= 4 is 22.7 Å². The van der Waals surface area contributed by atoms with Crippen molar-refractivity contribution < 1.29 is 0 Å². The molecule has 0 aliphatic rings. The van der Waals surface area contributed by atoms with Gasteiger partial charge in [-0.1, -0.05) is 0 Å². The molecule has 0 bridgehead atoms. The van der Waals surface area contributed by atoms with Gasteiger partial charge < -0.3 is 5.32 Å². The van der Waals surface area contributed by atoms with Crippen molar-refractivity contribution in [3.05, 3.63) is 38.5 Å². The third-order valence-electron chi connectivity index (χ3n) is 2.83. The average Bonchev–Trinajstić information content (AvgIpc) is 2.97. The van der Waals surface area contributed by atoms with Crippen LogP contribution in [0.1, 0.15) is 37.0 Å². The third-order valence-corrected chi connectivity index (χ3v) is 4.46. The summed E-state index contributed by atoms with van der Waals surface area (Å²) >= 11 is 3.49. The molecule has 0 saturated heterocycles. The van der Waals surface area contributed by atoms with Crippen LogP contribution >= 0.6 is 22.7 Å². The summed E-state index contributed by atoms with van der Waals surface area (Å²) in [6, 6.07) is 2.18. The Kier molecular flexibility index (Phi) is 5.32. The van der Waals surface area contributed by atoms with E-state index in [-0.39, 0.29) is 5.54 Å². The maximum absolute atomic E-state index is 4.70. The van der Waals surface area contributed by atoms with Crippen molar-refractivity contribution in [3.8, 4) is 0 Å². The molecule has 20 heavy (non-hydrogen) atoms. The average molecular weight is 310 g/mol. The Morgan fingerprint density at radius 1 is 1.25 bits per heavy atom. The maximum atomic E-state index is 4.70. The summed E-state index contributed by atoms with van der Waals surface area (Å²) in [6.07, 6.45) is 0. The van der Waals surface area contributed by atoms with Crippen LogP contribution in [0.3, 0.4) is 0 Å². The van der Waals surface area contributed by atoms with Gasteiger partial charge in [-0.2, -0.15) is 11.3 Å². The van der Waals surface area contributed by atoms with Gasteiger partial charge in [0.05, 0.1) is 5.69 Å². The summed E-state index contributed by atoms with van der Waals surface area (Å²) < 4.78 is 0. The minimum Gasteiger partial charge on any atom is -0.306 e. The number of hydrogen-bond acceptors (Lipinski definition) is 5. The number of thiazole rings is 1. The van der Waals surface area contributed by atoms with Gasteiger partial charge in [0, 0.05) is 30.6 Å². The molecule has 0 aromatic carbocycles. The fourth-order valence-electron chi connectivity index (χ4n) is 1.87. The Hall–Kier alpha value is -0.750. The van der Waals surface area contributed by atoms with Gasteiger partial charge in [0.1, 0.15) is 5.01 Å². The first-order chi connectivity index (χ1) is 9.42. The molecule has 2 heterocycles. The summed E-state index contributed by atoms with van der Waals surface area (Å²) in [5.41, 5.74) is 2.68. The number of rotatable bonds is 6. The predicted molar refractivity (Wildman–Crippen MR) is 88.2 cm³/mol. The van der Waals surface area contributed by atoms with Crippen LogP contribution in [0, 0.1) is 0 Å². The maximum Gasteiger partial charge on any atom is 0.107 e. The molecule has 0 unspecified atom stereocenters. The van der Waals surface area contributed by atoms with E-state index >= 15 is 0 Å². The Morgan fingerprint density at radius 3 is 2.70 bits per heavy atom. The van der Waals surface area contributed by atoms with Crippen molar-refractivity contribution in [1.82, 2.24) is 15.2 Å². The quantitative estimate of drug-likeness (QED) is 0.881. The van der Waals surface area contributed by atoms with Crippen molar-refractivity contribution in [2.45, 2.75) is 45.9 Å². The molecule has 0 amide bonds. The summed E-state index contributed by atoms with van der Waals surface area (Å²) in [6.45, 7) is 9.27. The molecule has 3 nitrogen and oxygen atoms in total. The van der Waals surface area contributed by atoms with E-state index in [9.17, 15) is 0 Å². The van der Waals surface area contributed by atoms with E-state index in [1.54, 1.807) is 22.7 Å². The fourth-order valence-corrected chi connectivity index (χ4v) is 3.25. The van der Waals surface area contributed by atoms with Crippen molar-refractivity contribution in [1.29, 1.82) is 0 Å². The Labute approximate surface area is 129 Å². The summed E-state index contributed by atoms with van der Waals surface area (Å²) in [5, 5.41) is 11.1. The molecule has 0 saturated carbocycles. The Bertz CT molecular complexity index is 511. The first kappa shape index (κ1) is 15.6. The second kappa shape index (κ2) is 6.80. The number of hydrogen-bond donors (Lipinski definition) is 1. The molecule has 1 N–H and O–H groups in total. The monoisotopic (exact) mass is 309 g/mol. The van der Waals surface area contributed by atoms with Gasteiger partial charge in [-0.05, 0) is 50.2 Å². The van der Waals surface area contributed by atoms with Gasteiger partial charge in [0.25, 0.3) is 0 Å². The zero-order chi connectivity index (χ0) is 14.6. The highest BCUT2D eigenvalue weighted by Crippen LogP contribution is 2.14. The van der Waals surface area contributed by atoms with Gasteiger partial charge in [-0.15, -0.1) is 11.3 Å². The molecule has 0 atom stereocenters. The van der Waals surface area contributed by atoms with Gasteiger partial charge in [0.2, 0.25) is 0 Å². The lowest BCUT2D eigenvalue weighted by atomic mass is 10.1. The summed E-state index contributed by atoms with van der Waals surface area (Å²) in [4.78, 5) is 7.00. The standard InChI is InChI=1S/C15H23N3S2/c1-15(2,3)16-7-14-17-13(11-20-14)9-18(4)8-12-5-6-19-10-12/h5-6,10-11,16H,7-9H2,1-4H3. The first-order valence-electron chi connectivity index (χ1n) is 6.80. The predicted octanol–water partition coefficient (Wildman–Crippen LogP) is 3.72. The highest BCUT2D eigenvalue weighted by molar-refractivity contribution is 7.09. The largest absolute Gasteiger partial charge is 0.306 e. The van der Waals surface area contributed by atoms with Crippen molar-refractivity contribution in [3.63, 3.8) is 0 Å².